The van der Waals surface area contributed by atoms with Gasteiger partial charge in [0.15, 0.2) is 0 Å². The van der Waals surface area contributed by atoms with Crippen LogP contribution in [0, 0.1) is 0 Å². The molecule has 18 heavy (non-hydrogen) atoms. The number of methoxy groups -OCH3 is 1. The number of ether oxygens (including phenoxy) is 1. The van der Waals surface area contributed by atoms with Crippen molar-refractivity contribution < 1.29 is 4.74 Å². The van der Waals surface area contributed by atoms with Crippen LogP contribution in [0.5, 0.6) is 0 Å². The van der Waals surface area contributed by atoms with Gasteiger partial charge in [-0.15, -0.1) is 0 Å². The van der Waals surface area contributed by atoms with Crippen LogP contribution in [0.1, 0.15) is 24.9 Å². The van der Waals surface area contributed by atoms with E-state index in [-0.39, 0.29) is 0 Å². The van der Waals surface area contributed by atoms with Crippen LogP contribution in [-0.4, -0.2) is 44.3 Å². The third-order valence-corrected chi connectivity index (χ3v) is 3.66. The molecule has 2 unspecified atom stereocenters. The zero-order valence-corrected chi connectivity index (χ0v) is 11.4. The summed E-state index contributed by atoms with van der Waals surface area (Å²) in [5.41, 5.74) is 1.38. The molecular formula is C15H24N2O. The molecule has 2 atom stereocenters. The average molecular weight is 248 g/mol. The Bertz CT molecular complexity index is 342. The van der Waals surface area contributed by atoms with E-state index in [9.17, 15) is 0 Å². The second-order valence-electron chi connectivity index (χ2n) is 5.07. The molecule has 1 fully saturated rings. The Morgan fingerprint density at radius 2 is 2.17 bits per heavy atom. The maximum absolute atomic E-state index is 5.28. The number of hydrogen-bond donors (Lipinski definition) is 1. The number of hydrogen-bond acceptors (Lipinski definition) is 3. The number of benzene rings is 1. The third kappa shape index (κ3) is 3.55. The monoisotopic (exact) mass is 248 g/mol. The van der Waals surface area contributed by atoms with E-state index in [1.165, 1.54) is 12.0 Å². The quantitative estimate of drug-likeness (QED) is 0.882. The van der Waals surface area contributed by atoms with Crippen LogP contribution >= 0.6 is 0 Å². The Kier molecular flexibility index (Phi) is 5.17. The van der Waals surface area contributed by atoms with Gasteiger partial charge in [-0.3, -0.25) is 4.90 Å². The highest BCUT2D eigenvalue weighted by Gasteiger charge is 2.22. The molecule has 0 spiro atoms. The smallest absolute Gasteiger partial charge is 0.0615 e. The van der Waals surface area contributed by atoms with E-state index in [4.69, 9.17) is 4.74 Å². The summed E-state index contributed by atoms with van der Waals surface area (Å²) in [4.78, 5) is 2.53. The second-order valence-corrected chi connectivity index (χ2v) is 5.07. The summed E-state index contributed by atoms with van der Waals surface area (Å²) >= 11 is 0. The molecule has 3 nitrogen and oxygen atoms in total. The maximum Gasteiger partial charge on any atom is 0.0615 e. The topological polar surface area (TPSA) is 24.5 Å². The Morgan fingerprint density at radius 1 is 1.39 bits per heavy atom. The van der Waals surface area contributed by atoms with Crippen molar-refractivity contribution in [2.24, 2.45) is 0 Å². The van der Waals surface area contributed by atoms with Crippen LogP contribution in [0.25, 0.3) is 0 Å². The fourth-order valence-corrected chi connectivity index (χ4v) is 2.60. The van der Waals surface area contributed by atoms with E-state index < -0.39 is 0 Å². The van der Waals surface area contributed by atoms with Gasteiger partial charge in [0.25, 0.3) is 0 Å². The average Bonchev–Trinajstić information content (AvgIpc) is 2.66. The molecule has 100 valence electrons. The highest BCUT2D eigenvalue weighted by molar-refractivity contribution is 5.19. The van der Waals surface area contributed by atoms with Crippen molar-refractivity contribution in [1.29, 1.82) is 0 Å². The van der Waals surface area contributed by atoms with Crippen molar-refractivity contribution >= 4 is 0 Å². The largest absolute Gasteiger partial charge is 0.383 e. The van der Waals surface area contributed by atoms with Gasteiger partial charge in [-0.25, -0.2) is 0 Å². The molecule has 1 N–H and O–H groups in total. The van der Waals surface area contributed by atoms with Crippen LogP contribution in [-0.2, 0) is 4.74 Å². The third-order valence-electron chi connectivity index (χ3n) is 3.66. The van der Waals surface area contributed by atoms with Crippen LogP contribution in [0.4, 0.5) is 0 Å². The molecule has 0 amide bonds. The lowest BCUT2D eigenvalue weighted by Gasteiger charge is -2.29. The van der Waals surface area contributed by atoms with Crippen molar-refractivity contribution in [3.8, 4) is 0 Å². The fourth-order valence-electron chi connectivity index (χ4n) is 2.60. The minimum atomic E-state index is 0.438. The van der Waals surface area contributed by atoms with Gasteiger partial charge in [0.2, 0.25) is 0 Å². The highest BCUT2D eigenvalue weighted by Crippen LogP contribution is 2.18. The van der Waals surface area contributed by atoms with Gasteiger partial charge in [-0.2, -0.15) is 0 Å². The maximum atomic E-state index is 5.28. The Hall–Kier alpha value is -0.900. The first-order valence-corrected chi connectivity index (χ1v) is 6.82. The lowest BCUT2D eigenvalue weighted by Crippen LogP contribution is -2.39. The second kappa shape index (κ2) is 6.88. The van der Waals surface area contributed by atoms with Crippen molar-refractivity contribution in [2.75, 3.05) is 33.4 Å². The van der Waals surface area contributed by atoms with Crippen LogP contribution in [0.2, 0.25) is 0 Å². The molecular weight excluding hydrogens is 224 g/mol. The SMILES string of the molecule is COCC(C)N1CCCNC(c2ccccc2)C1. The molecule has 2 rings (SSSR count). The molecule has 0 radical (unpaired) electrons. The van der Waals surface area contributed by atoms with Crippen molar-refractivity contribution in [3.63, 3.8) is 0 Å². The normalized spacial score (nSPS) is 23.6. The molecule has 0 saturated carbocycles. The summed E-state index contributed by atoms with van der Waals surface area (Å²) in [6, 6.07) is 11.7. The van der Waals surface area contributed by atoms with E-state index in [1.54, 1.807) is 7.11 Å². The summed E-state index contributed by atoms with van der Waals surface area (Å²) in [5, 5.41) is 3.64. The summed E-state index contributed by atoms with van der Waals surface area (Å²) in [5.74, 6) is 0. The molecule has 0 bridgehead atoms. The number of nitrogens with zero attached hydrogens (tertiary/aromatic N) is 1. The van der Waals surface area contributed by atoms with Crippen LogP contribution < -0.4 is 5.32 Å². The first-order valence-electron chi connectivity index (χ1n) is 6.82. The predicted octanol–water partition coefficient (Wildman–Crippen LogP) is 2.06. The molecule has 1 aromatic rings. The highest BCUT2D eigenvalue weighted by atomic mass is 16.5. The van der Waals surface area contributed by atoms with Crippen LogP contribution in [0.3, 0.4) is 0 Å². The lowest BCUT2D eigenvalue weighted by atomic mass is 10.1. The molecule has 0 aromatic heterocycles. The molecule has 0 aliphatic carbocycles. The van der Waals surface area contributed by atoms with Gasteiger partial charge in [-0.1, -0.05) is 30.3 Å². The first-order chi connectivity index (χ1) is 8.81. The first kappa shape index (κ1) is 13.5. The summed E-state index contributed by atoms with van der Waals surface area (Å²) in [6.45, 7) is 6.36. The Balaban J connectivity index is 2.03. The molecule has 1 saturated heterocycles. The molecule has 1 heterocycles. The molecule has 3 heteroatoms. The fraction of sp³-hybridized carbons (Fsp3) is 0.600. The zero-order valence-electron chi connectivity index (χ0n) is 11.4. The lowest BCUT2D eigenvalue weighted by molar-refractivity contribution is 0.0980. The van der Waals surface area contributed by atoms with E-state index in [0.29, 0.717) is 12.1 Å². The van der Waals surface area contributed by atoms with E-state index in [1.807, 2.05) is 0 Å². The van der Waals surface area contributed by atoms with Gasteiger partial charge in [0, 0.05) is 25.7 Å². The van der Waals surface area contributed by atoms with Crippen molar-refractivity contribution in [1.82, 2.24) is 10.2 Å². The predicted molar refractivity (Wildman–Crippen MR) is 74.7 cm³/mol. The number of nitrogens with one attached hydrogen (secondary N) is 1. The van der Waals surface area contributed by atoms with Crippen LogP contribution in [0.15, 0.2) is 30.3 Å². The standard InChI is InChI=1S/C15H24N2O/c1-13(12-18-2)17-10-6-9-16-15(11-17)14-7-4-3-5-8-14/h3-5,7-8,13,15-16H,6,9-12H2,1-2H3. The van der Waals surface area contributed by atoms with E-state index in [0.717, 1.165) is 26.2 Å². The zero-order chi connectivity index (χ0) is 12.8. The molecule has 1 aliphatic rings. The van der Waals surface area contributed by atoms with Gasteiger partial charge >= 0.3 is 0 Å². The summed E-state index contributed by atoms with van der Waals surface area (Å²) in [7, 11) is 1.78. The van der Waals surface area contributed by atoms with Crippen molar-refractivity contribution in [2.45, 2.75) is 25.4 Å². The minimum Gasteiger partial charge on any atom is -0.383 e. The van der Waals surface area contributed by atoms with Gasteiger partial charge in [0.1, 0.15) is 0 Å². The Labute approximate surface area is 110 Å². The van der Waals surface area contributed by atoms with Crippen molar-refractivity contribution in [3.05, 3.63) is 35.9 Å². The molecule has 1 aliphatic heterocycles. The summed E-state index contributed by atoms with van der Waals surface area (Å²) in [6.07, 6.45) is 1.21. The molecule has 1 aromatic carbocycles. The minimum absolute atomic E-state index is 0.438. The summed E-state index contributed by atoms with van der Waals surface area (Å²) < 4.78 is 5.28. The van der Waals surface area contributed by atoms with E-state index in [2.05, 4.69) is 47.5 Å². The van der Waals surface area contributed by atoms with Gasteiger partial charge < -0.3 is 10.1 Å². The van der Waals surface area contributed by atoms with Gasteiger partial charge in [-0.05, 0) is 32.0 Å². The van der Waals surface area contributed by atoms with E-state index >= 15 is 0 Å². The Morgan fingerprint density at radius 3 is 2.89 bits per heavy atom. The van der Waals surface area contributed by atoms with Gasteiger partial charge in [0.05, 0.1) is 6.61 Å². The number of rotatable bonds is 4.